The van der Waals surface area contributed by atoms with Crippen molar-refractivity contribution in [3.05, 3.63) is 60.2 Å². The van der Waals surface area contributed by atoms with Gasteiger partial charge < -0.3 is 15.0 Å². The van der Waals surface area contributed by atoms with Crippen LogP contribution in [0, 0.1) is 17.6 Å². The Kier molecular flexibility index (Phi) is 8.16. The van der Waals surface area contributed by atoms with Crippen molar-refractivity contribution in [2.45, 2.75) is 93.6 Å². The first-order valence-electron chi connectivity index (χ1n) is 16.6. The third-order valence-corrected chi connectivity index (χ3v) is 12.5. The summed E-state index contributed by atoms with van der Waals surface area (Å²) < 4.78 is 62.0. The summed E-state index contributed by atoms with van der Waals surface area (Å²) in [4.78, 5) is 47.2. The van der Waals surface area contributed by atoms with Gasteiger partial charge in [0, 0.05) is 35.6 Å². The van der Waals surface area contributed by atoms with Crippen LogP contribution in [0.3, 0.4) is 0 Å². The lowest BCUT2D eigenvalue weighted by Gasteiger charge is -2.27. The number of amides is 3. The molecule has 0 unspecified atom stereocenters. The van der Waals surface area contributed by atoms with Crippen LogP contribution in [0.15, 0.2) is 48.6 Å². The molecule has 2 saturated carbocycles. The van der Waals surface area contributed by atoms with Crippen molar-refractivity contribution in [3.8, 4) is 5.88 Å². The number of allylic oxidation sites excluding steroid dienone is 1. The van der Waals surface area contributed by atoms with Crippen molar-refractivity contribution in [1.29, 1.82) is 0 Å². The molecule has 7 rings (SSSR count). The summed E-state index contributed by atoms with van der Waals surface area (Å²) in [6.07, 6.45) is 8.65. The molecule has 13 heteroatoms. The number of carbonyl (C=O) groups is 3. The topological polar surface area (TPSA) is 135 Å². The summed E-state index contributed by atoms with van der Waals surface area (Å²) in [5, 5.41) is 4.37. The minimum absolute atomic E-state index is 0.0533. The molecule has 1 aromatic heterocycles. The van der Waals surface area contributed by atoms with Crippen molar-refractivity contribution in [2.75, 3.05) is 6.54 Å². The average molecular weight is 681 g/mol. The highest BCUT2D eigenvalue weighted by molar-refractivity contribution is 7.91. The molecule has 3 aromatic rings. The van der Waals surface area contributed by atoms with Gasteiger partial charge in [-0.3, -0.25) is 19.1 Å². The van der Waals surface area contributed by atoms with Crippen molar-refractivity contribution >= 4 is 49.4 Å². The molecular weight excluding hydrogens is 642 g/mol. The van der Waals surface area contributed by atoms with E-state index < -0.39 is 61.8 Å². The molecule has 3 fully saturated rings. The van der Waals surface area contributed by atoms with E-state index in [1.54, 1.807) is 6.92 Å². The lowest BCUT2D eigenvalue weighted by atomic mass is 10.1. The number of fused-ring (bicyclic) bond motifs is 5. The maximum Gasteiger partial charge on any atom is 0.259 e. The van der Waals surface area contributed by atoms with Crippen LogP contribution in [-0.2, 0) is 24.4 Å². The fraction of sp³-hybridized carbons (Fsp3) is 0.486. The molecule has 4 atom stereocenters. The van der Waals surface area contributed by atoms with Gasteiger partial charge in [-0.1, -0.05) is 25.0 Å². The SMILES string of the molecule is CC1(S(=O)(=O)NC(=O)[C@@]23C[C@H]2/C=C\CCCCCCC(=O)N2C[C@H](Oc4nc5cc(F)ccc5c5cc(F)ccc45)C[C@H]2C(=O)N3)CC1. The second-order valence-electron chi connectivity index (χ2n) is 13.8. The van der Waals surface area contributed by atoms with Gasteiger partial charge in [0.05, 0.1) is 16.8 Å². The third-order valence-electron chi connectivity index (χ3n) is 10.3. The largest absolute Gasteiger partial charge is 0.472 e. The molecule has 4 aliphatic rings. The molecular formula is C35H38F2N4O6S. The zero-order chi connectivity index (χ0) is 33.8. The summed E-state index contributed by atoms with van der Waals surface area (Å²) in [6, 6.07) is 7.17. The predicted molar refractivity (Wildman–Crippen MR) is 174 cm³/mol. The van der Waals surface area contributed by atoms with Crippen molar-refractivity contribution in [1.82, 2.24) is 19.9 Å². The first-order valence-corrected chi connectivity index (χ1v) is 18.1. The van der Waals surface area contributed by atoms with E-state index >= 15 is 0 Å². The Hall–Kier alpha value is -4.13. The Morgan fingerprint density at radius 1 is 1.02 bits per heavy atom. The Bertz CT molecular complexity index is 1970. The number of nitrogens with one attached hydrogen (secondary N) is 2. The quantitative estimate of drug-likeness (QED) is 0.292. The Balaban J connectivity index is 1.18. The molecule has 2 N–H and O–H groups in total. The summed E-state index contributed by atoms with van der Waals surface area (Å²) in [5.41, 5.74) is -1.20. The number of pyridine rings is 1. The number of rotatable bonds is 5. The lowest BCUT2D eigenvalue weighted by molar-refractivity contribution is -0.139. The van der Waals surface area contributed by atoms with E-state index in [0.29, 0.717) is 35.4 Å². The zero-order valence-electron chi connectivity index (χ0n) is 26.6. The van der Waals surface area contributed by atoms with Gasteiger partial charge in [0.25, 0.3) is 5.91 Å². The number of sulfonamides is 1. The van der Waals surface area contributed by atoms with E-state index in [4.69, 9.17) is 4.74 Å². The van der Waals surface area contributed by atoms with E-state index in [9.17, 15) is 31.6 Å². The minimum Gasteiger partial charge on any atom is -0.472 e. The maximum absolute atomic E-state index is 14.3. The van der Waals surface area contributed by atoms with E-state index in [1.165, 1.54) is 41.3 Å². The number of halogens is 2. The fourth-order valence-corrected chi connectivity index (χ4v) is 8.25. The van der Waals surface area contributed by atoms with Gasteiger partial charge in [0.2, 0.25) is 27.7 Å². The highest BCUT2D eigenvalue weighted by Crippen LogP contribution is 2.47. The van der Waals surface area contributed by atoms with Gasteiger partial charge in [0.15, 0.2) is 0 Å². The highest BCUT2D eigenvalue weighted by atomic mass is 32.2. The Morgan fingerprint density at radius 3 is 2.52 bits per heavy atom. The number of carbonyl (C=O) groups excluding carboxylic acids is 3. The van der Waals surface area contributed by atoms with Gasteiger partial charge >= 0.3 is 0 Å². The van der Waals surface area contributed by atoms with Crippen molar-refractivity contribution < 1.29 is 36.3 Å². The van der Waals surface area contributed by atoms with Gasteiger partial charge in [-0.15, -0.1) is 0 Å². The van der Waals surface area contributed by atoms with E-state index in [1.807, 2.05) is 12.2 Å². The summed E-state index contributed by atoms with van der Waals surface area (Å²) in [7, 11) is -3.95. The molecule has 10 nitrogen and oxygen atoms in total. The van der Waals surface area contributed by atoms with Crippen LogP contribution in [-0.4, -0.2) is 65.0 Å². The zero-order valence-corrected chi connectivity index (χ0v) is 27.5. The molecule has 48 heavy (non-hydrogen) atoms. The monoisotopic (exact) mass is 680 g/mol. The molecule has 1 saturated heterocycles. The van der Waals surface area contributed by atoms with Gasteiger partial charge in [0.1, 0.15) is 29.3 Å². The minimum atomic E-state index is -3.95. The molecule has 3 amide bonds. The first-order chi connectivity index (χ1) is 22.9. The molecule has 2 aromatic carbocycles. The van der Waals surface area contributed by atoms with Gasteiger partial charge in [-0.2, -0.15) is 0 Å². The van der Waals surface area contributed by atoms with Crippen molar-refractivity contribution in [2.24, 2.45) is 5.92 Å². The van der Waals surface area contributed by atoms with Crippen LogP contribution in [0.25, 0.3) is 21.7 Å². The van der Waals surface area contributed by atoms with Crippen LogP contribution in [0.4, 0.5) is 8.78 Å². The molecule has 0 bridgehead atoms. The smallest absolute Gasteiger partial charge is 0.259 e. The second-order valence-corrected chi connectivity index (χ2v) is 16.0. The highest BCUT2D eigenvalue weighted by Gasteiger charge is 2.63. The van der Waals surface area contributed by atoms with Crippen LogP contribution in [0.5, 0.6) is 5.88 Å². The maximum atomic E-state index is 14.3. The van der Waals surface area contributed by atoms with Crippen LogP contribution >= 0.6 is 0 Å². The van der Waals surface area contributed by atoms with Crippen molar-refractivity contribution in [3.63, 3.8) is 0 Å². The van der Waals surface area contributed by atoms with E-state index in [-0.39, 0.29) is 43.1 Å². The number of aromatic nitrogens is 1. The van der Waals surface area contributed by atoms with Gasteiger partial charge in [-0.25, -0.2) is 22.2 Å². The number of hydrogen-bond donors (Lipinski definition) is 2. The molecule has 2 aliphatic heterocycles. The lowest BCUT2D eigenvalue weighted by Crippen LogP contribution is -2.57. The summed E-state index contributed by atoms with van der Waals surface area (Å²) >= 11 is 0. The first kappa shape index (κ1) is 32.4. The molecule has 2 aliphatic carbocycles. The fourth-order valence-electron chi connectivity index (χ4n) is 6.94. The Labute approximate surface area is 277 Å². The van der Waals surface area contributed by atoms with Crippen LogP contribution in [0.1, 0.15) is 71.1 Å². The van der Waals surface area contributed by atoms with Crippen LogP contribution in [0.2, 0.25) is 0 Å². The second kappa shape index (κ2) is 12.1. The normalized spacial score (nSPS) is 28.1. The molecule has 0 radical (unpaired) electrons. The summed E-state index contributed by atoms with van der Waals surface area (Å²) in [5.74, 6) is -2.87. The predicted octanol–water partition coefficient (Wildman–Crippen LogP) is 4.80. The number of ether oxygens (including phenoxy) is 1. The summed E-state index contributed by atoms with van der Waals surface area (Å²) in [6.45, 7) is 1.64. The van der Waals surface area contributed by atoms with Crippen LogP contribution < -0.4 is 14.8 Å². The molecule has 3 heterocycles. The molecule has 254 valence electrons. The molecule has 0 spiro atoms. The standard InChI is InChI=1S/C35H38F2N4O6S/c1-34(14-15-34)48(45,46)40-33(44)35-19-21(35)8-6-4-2-3-5-7-9-30(42)41-20-24(18-29(41)31(43)39-35)47-32-26-13-11-22(36)16-27(26)25-12-10-23(37)17-28(25)38-32/h6,8,10-13,16-17,21,24,29H,2-5,7,9,14-15,18-20H2,1H3,(H,39,43)(H,40,44)/b8-6-/t21-,24-,29+,35-/m1/s1. The third kappa shape index (κ3) is 6.01. The van der Waals surface area contributed by atoms with E-state index in [2.05, 4.69) is 15.0 Å². The Morgan fingerprint density at radius 2 is 1.75 bits per heavy atom. The number of nitrogens with zero attached hydrogens (tertiary/aromatic N) is 2. The number of benzene rings is 2. The van der Waals surface area contributed by atoms with E-state index in [0.717, 1.165) is 25.7 Å². The van der Waals surface area contributed by atoms with Gasteiger partial charge in [-0.05, 0) is 81.2 Å². The average Bonchev–Trinajstić information content (AvgIpc) is 3.91. The number of hydrogen-bond acceptors (Lipinski definition) is 7.